The Bertz CT molecular complexity index is 1070. The second-order valence-corrected chi connectivity index (χ2v) is 5.65. The number of hydrogen-bond acceptors (Lipinski definition) is 8. The van der Waals surface area contributed by atoms with E-state index in [4.69, 9.17) is 13.9 Å². The zero-order valence-corrected chi connectivity index (χ0v) is 15.2. The number of hydrogen-bond donors (Lipinski definition) is 1. The molecule has 0 aliphatic carbocycles. The molecule has 0 atom stereocenters. The maximum atomic E-state index is 12.0. The number of nitrogens with zero attached hydrogens (tertiary/aromatic N) is 2. The van der Waals surface area contributed by atoms with E-state index in [-0.39, 0.29) is 23.0 Å². The standard InChI is InChI=1S/C19H15N3O7/c1-27-15-7-6-12(22(25)26)10-14(15)20-17(23)11-28-19(24)9-8-18-21-13-4-2-3-5-16(13)29-18/h2-10H,11H2,1H3,(H,20,23)/b9-8+. The van der Waals surface area contributed by atoms with Gasteiger partial charge in [-0.05, 0) is 18.2 Å². The molecule has 1 aromatic heterocycles. The van der Waals surface area contributed by atoms with Gasteiger partial charge in [0.1, 0.15) is 11.3 Å². The van der Waals surface area contributed by atoms with Gasteiger partial charge in [-0.2, -0.15) is 0 Å². The summed E-state index contributed by atoms with van der Waals surface area (Å²) in [5, 5.41) is 13.3. The van der Waals surface area contributed by atoms with Gasteiger partial charge in [-0.15, -0.1) is 0 Å². The minimum absolute atomic E-state index is 0.0877. The number of para-hydroxylation sites is 2. The van der Waals surface area contributed by atoms with E-state index in [1.807, 2.05) is 6.07 Å². The Morgan fingerprint density at radius 3 is 2.79 bits per heavy atom. The molecule has 29 heavy (non-hydrogen) atoms. The number of fused-ring (bicyclic) bond motifs is 1. The SMILES string of the molecule is COc1ccc([N+](=O)[O-])cc1NC(=O)COC(=O)/C=C/c1nc2ccccc2o1. The van der Waals surface area contributed by atoms with E-state index in [1.54, 1.807) is 18.2 Å². The molecule has 0 bridgehead atoms. The van der Waals surface area contributed by atoms with E-state index in [0.29, 0.717) is 11.1 Å². The number of amides is 1. The number of methoxy groups -OCH3 is 1. The van der Waals surface area contributed by atoms with Gasteiger partial charge in [-0.25, -0.2) is 9.78 Å². The van der Waals surface area contributed by atoms with E-state index in [1.165, 1.54) is 25.3 Å². The van der Waals surface area contributed by atoms with Gasteiger partial charge in [0.15, 0.2) is 12.2 Å². The first-order valence-corrected chi connectivity index (χ1v) is 8.29. The zero-order valence-electron chi connectivity index (χ0n) is 15.2. The second kappa shape index (κ2) is 8.65. The molecule has 3 rings (SSSR count). The summed E-state index contributed by atoms with van der Waals surface area (Å²) < 4.78 is 15.3. The summed E-state index contributed by atoms with van der Waals surface area (Å²) in [4.78, 5) is 38.2. The van der Waals surface area contributed by atoms with Crippen molar-refractivity contribution in [3.63, 3.8) is 0 Å². The lowest BCUT2D eigenvalue weighted by Gasteiger charge is -2.09. The van der Waals surface area contributed by atoms with E-state index in [9.17, 15) is 19.7 Å². The number of carbonyl (C=O) groups excluding carboxylic acids is 2. The van der Waals surface area contributed by atoms with Crippen molar-refractivity contribution in [1.29, 1.82) is 0 Å². The number of aromatic nitrogens is 1. The van der Waals surface area contributed by atoms with Gasteiger partial charge in [-0.1, -0.05) is 12.1 Å². The highest BCUT2D eigenvalue weighted by molar-refractivity contribution is 5.96. The first kappa shape index (κ1) is 19.5. The van der Waals surface area contributed by atoms with Crippen LogP contribution in [0.15, 0.2) is 53.0 Å². The topological polar surface area (TPSA) is 134 Å². The molecule has 0 saturated carbocycles. The largest absolute Gasteiger partial charge is 0.495 e. The predicted molar refractivity (Wildman–Crippen MR) is 102 cm³/mol. The molecule has 10 heteroatoms. The van der Waals surface area contributed by atoms with Crippen LogP contribution in [0.3, 0.4) is 0 Å². The Hall–Kier alpha value is -4.21. The van der Waals surface area contributed by atoms with Gasteiger partial charge >= 0.3 is 5.97 Å². The number of nitro groups is 1. The van der Waals surface area contributed by atoms with Crippen molar-refractivity contribution in [3.8, 4) is 5.75 Å². The average molecular weight is 397 g/mol. The van der Waals surface area contributed by atoms with Gasteiger partial charge < -0.3 is 19.2 Å². The van der Waals surface area contributed by atoms with E-state index >= 15 is 0 Å². The summed E-state index contributed by atoms with van der Waals surface area (Å²) in [5.74, 6) is -1.03. The van der Waals surface area contributed by atoms with Crippen molar-refractivity contribution >= 4 is 40.4 Å². The summed E-state index contributed by atoms with van der Waals surface area (Å²) >= 11 is 0. The van der Waals surface area contributed by atoms with Crippen LogP contribution in [-0.4, -0.2) is 35.5 Å². The monoisotopic (exact) mass is 397 g/mol. The van der Waals surface area contributed by atoms with Gasteiger partial charge in [0.25, 0.3) is 11.6 Å². The van der Waals surface area contributed by atoms with Crippen molar-refractivity contribution in [2.75, 3.05) is 19.0 Å². The highest BCUT2D eigenvalue weighted by atomic mass is 16.6. The fraction of sp³-hybridized carbons (Fsp3) is 0.105. The molecular formula is C19H15N3O7. The van der Waals surface area contributed by atoms with Crippen LogP contribution in [0, 0.1) is 10.1 Å². The maximum absolute atomic E-state index is 12.0. The van der Waals surface area contributed by atoms with Crippen LogP contribution in [-0.2, 0) is 14.3 Å². The molecule has 10 nitrogen and oxygen atoms in total. The Balaban J connectivity index is 1.57. The number of benzene rings is 2. The molecule has 0 aliphatic rings. The summed E-state index contributed by atoms with van der Waals surface area (Å²) in [6, 6.07) is 10.8. The fourth-order valence-electron chi connectivity index (χ4n) is 2.38. The number of esters is 1. The molecule has 0 aliphatic heterocycles. The maximum Gasteiger partial charge on any atom is 0.331 e. The molecule has 1 heterocycles. The number of nitrogens with one attached hydrogen (secondary N) is 1. The van der Waals surface area contributed by atoms with Crippen molar-refractivity contribution in [2.24, 2.45) is 0 Å². The molecule has 148 valence electrons. The Labute approximate surface area is 163 Å². The number of oxazole rings is 1. The third-order valence-corrected chi connectivity index (χ3v) is 3.69. The molecule has 2 aromatic carbocycles. The van der Waals surface area contributed by atoms with Gasteiger partial charge in [0, 0.05) is 24.3 Å². The highest BCUT2D eigenvalue weighted by Crippen LogP contribution is 2.28. The lowest BCUT2D eigenvalue weighted by molar-refractivity contribution is -0.384. The van der Waals surface area contributed by atoms with Crippen molar-refractivity contribution in [2.45, 2.75) is 0 Å². The van der Waals surface area contributed by atoms with E-state index < -0.39 is 23.4 Å². The molecule has 0 radical (unpaired) electrons. The van der Waals surface area contributed by atoms with Gasteiger partial charge in [0.05, 0.1) is 17.7 Å². The Morgan fingerprint density at radius 2 is 2.07 bits per heavy atom. The predicted octanol–water partition coefficient (Wildman–Crippen LogP) is 2.94. The van der Waals surface area contributed by atoms with E-state index in [2.05, 4.69) is 10.3 Å². The molecule has 0 fully saturated rings. The minimum atomic E-state index is -0.784. The quantitative estimate of drug-likeness (QED) is 0.278. The molecule has 0 saturated heterocycles. The third kappa shape index (κ3) is 4.95. The van der Waals surface area contributed by atoms with Crippen LogP contribution in [0.5, 0.6) is 5.75 Å². The van der Waals surface area contributed by atoms with Crippen LogP contribution in [0.2, 0.25) is 0 Å². The number of anilines is 1. The second-order valence-electron chi connectivity index (χ2n) is 5.65. The summed E-state index contributed by atoms with van der Waals surface area (Å²) in [5.41, 5.74) is 1.08. The molecule has 0 unspecified atom stereocenters. The summed E-state index contributed by atoms with van der Waals surface area (Å²) in [6.45, 7) is -0.595. The van der Waals surface area contributed by atoms with Crippen LogP contribution >= 0.6 is 0 Å². The summed E-state index contributed by atoms with van der Waals surface area (Å²) in [6.07, 6.45) is 2.40. The fourth-order valence-corrected chi connectivity index (χ4v) is 2.38. The number of nitro benzene ring substituents is 1. The lowest BCUT2D eigenvalue weighted by atomic mass is 10.2. The number of non-ortho nitro benzene ring substituents is 1. The molecular weight excluding hydrogens is 382 g/mol. The number of rotatable bonds is 7. The van der Waals surface area contributed by atoms with Gasteiger partial charge in [0.2, 0.25) is 5.89 Å². The van der Waals surface area contributed by atoms with Crippen LogP contribution in [0.25, 0.3) is 17.2 Å². The molecule has 3 aromatic rings. The van der Waals surface area contributed by atoms with E-state index in [0.717, 1.165) is 12.1 Å². The minimum Gasteiger partial charge on any atom is -0.495 e. The number of carbonyl (C=O) groups is 2. The van der Waals surface area contributed by atoms with Crippen LogP contribution in [0.4, 0.5) is 11.4 Å². The van der Waals surface area contributed by atoms with Crippen molar-refractivity contribution in [1.82, 2.24) is 4.98 Å². The first-order chi connectivity index (χ1) is 14.0. The summed E-state index contributed by atoms with van der Waals surface area (Å²) in [7, 11) is 1.35. The first-order valence-electron chi connectivity index (χ1n) is 8.29. The van der Waals surface area contributed by atoms with Crippen LogP contribution < -0.4 is 10.1 Å². The number of ether oxygens (including phenoxy) is 2. The van der Waals surface area contributed by atoms with Crippen molar-refractivity contribution in [3.05, 3.63) is 64.5 Å². The molecule has 1 amide bonds. The Kier molecular flexibility index (Phi) is 5.83. The highest BCUT2D eigenvalue weighted by Gasteiger charge is 2.14. The lowest BCUT2D eigenvalue weighted by Crippen LogP contribution is -2.20. The Morgan fingerprint density at radius 1 is 1.28 bits per heavy atom. The third-order valence-electron chi connectivity index (χ3n) is 3.69. The molecule has 0 spiro atoms. The molecule has 1 N–H and O–H groups in total. The normalized spacial score (nSPS) is 10.8. The average Bonchev–Trinajstić information content (AvgIpc) is 3.13. The van der Waals surface area contributed by atoms with Crippen LogP contribution in [0.1, 0.15) is 5.89 Å². The zero-order chi connectivity index (χ0) is 20.8. The van der Waals surface area contributed by atoms with Crippen molar-refractivity contribution < 1.29 is 28.4 Å². The van der Waals surface area contributed by atoms with Gasteiger partial charge in [-0.3, -0.25) is 14.9 Å². The smallest absolute Gasteiger partial charge is 0.331 e.